The summed E-state index contributed by atoms with van der Waals surface area (Å²) < 4.78 is 0. The number of nitrogens with zero attached hydrogens (tertiary/aromatic N) is 1. The first-order chi connectivity index (χ1) is 30.5. The number of anilines is 3. The number of fused-ring (bicyclic) bond motifs is 4. The molecule has 10 aromatic rings. The molecule has 0 radical (unpaired) electrons. The van der Waals surface area contributed by atoms with Crippen LogP contribution in [0, 0.1) is 0 Å². The third kappa shape index (κ3) is 6.60. The molecule has 0 unspecified atom stereocenters. The van der Waals surface area contributed by atoms with Gasteiger partial charge in [-0.2, -0.15) is 0 Å². The van der Waals surface area contributed by atoms with Crippen molar-refractivity contribution >= 4 is 27.8 Å². The monoisotopic (exact) mass is 791 g/mol. The molecule has 0 heterocycles. The smallest absolute Gasteiger partial charge is 0.0540 e. The maximum atomic E-state index is 2.42. The molecule has 0 bridgehead atoms. The van der Waals surface area contributed by atoms with Crippen LogP contribution in [-0.2, 0) is 5.41 Å². The second kappa shape index (κ2) is 15.4. The van der Waals surface area contributed by atoms with Crippen molar-refractivity contribution in [2.24, 2.45) is 0 Å². The van der Waals surface area contributed by atoms with Gasteiger partial charge in [0.1, 0.15) is 0 Å². The van der Waals surface area contributed by atoms with Gasteiger partial charge in [0.2, 0.25) is 0 Å². The van der Waals surface area contributed by atoms with E-state index in [1.165, 1.54) is 88.7 Å². The number of hydrogen-bond donors (Lipinski definition) is 0. The predicted octanol–water partition coefficient (Wildman–Crippen LogP) is 17.0. The largest absolute Gasteiger partial charge is 0.310 e. The van der Waals surface area contributed by atoms with Gasteiger partial charge in [0.25, 0.3) is 0 Å². The highest BCUT2D eigenvalue weighted by Crippen LogP contribution is 2.52. The molecule has 62 heavy (non-hydrogen) atoms. The minimum atomic E-state index is -0.0521. The molecule has 0 spiro atoms. The SMILES string of the molecule is CC1(C)c2ccccc2-c2c(-c3ccc(N(c4cccc(-c5ccc(-c6ccc7ccccc7c6)cc5)c4)c4ccccc4-c4ccc(-c5ccccc5)cc4)cc3)cccc21. The zero-order chi connectivity index (χ0) is 41.6. The third-order valence-electron chi connectivity index (χ3n) is 12.9. The number of benzene rings is 10. The molecule has 0 N–H and O–H groups in total. The molecule has 1 aliphatic carbocycles. The van der Waals surface area contributed by atoms with Crippen molar-refractivity contribution in [3.8, 4) is 66.8 Å². The van der Waals surface area contributed by atoms with Crippen LogP contribution in [0.2, 0.25) is 0 Å². The lowest BCUT2D eigenvalue weighted by atomic mass is 9.82. The average molecular weight is 792 g/mol. The van der Waals surface area contributed by atoms with Crippen LogP contribution < -0.4 is 4.90 Å². The Morgan fingerprint density at radius 1 is 0.290 bits per heavy atom. The van der Waals surface area contributed by atoms with Crippen molar-refractivity contribution in [3.63, 3.8) is 0 Å². The maximum Gasteiger partial charge on any atom is 0.0540 e. The molecule has 1 aliphatic rings. The van der Waals surface area contributed by atoms with Crippen LogP contribution in [0.3, 0.4) is 0 Å². The Bertz CT molecular complexity index is 3230. The molecule has 0 amide bonds. The molecule has 294 valence electrons. The lowest BCUT2D eigenvalue weighted by Gasteiger charge is -2.28. The van der Waals surface area contributed by atoms with Gasteiger partial charge in [-0.15, -0.1) is 0 Å². The van der Waals surface area contributed by atoms with E-state index in [2.05, 4.69) is 255 Å². The Morgan fingerprint density at radius 2 is 0.774 bits per heavy atom. The molecule has 10 aromatic carbocycles. The normalized spacial score (nSPS) is 12.5. The second-order valence-corrected chi connectivity index (χ2v) is 16.9. The molecule has 0 atom stereocenters. The molecular formula is C61H45N. The van der Waals surface area contributed by atoms with Gasteiger partial charge < -0.3 is 4.90 Å². The van der Waals surface area contributed by atoms with Gasteiger partial charge in [-0.25, -0.2) is 0 Å². The summed E-state index contributed by atoms with van der Waals surface area (Å²) in [6, 6.07) is 86.5. The van der Waals surface area contributed by atoms with Gasteiger partial charge in [0.05, 0.1) is 5.69 Å². The van der Waals surface area contributed by atoms with Gasteiger partial charge >= 0.3 is 0 Å². The summed E-state index contributed by atoms with van der Waals surface area (Å²) in [6.45, 7) is 4.70. The molecule has 0 saturated heterocycles. The van der Waals surface area contributed by atoms with Crippen molar-refractivity contribution in [2.75, 3.05) is 4.90 Å². The lowest BCUT2D eigenvalue weighted by Crippen LogP contribution is -2.14. The quantitative estimate of drug-likeness (QED) is 0.148. The maximum absolute atomic E-state index is 2.42. The summed E-state index contributed by atoms with van der Waals surface area (Å²) in [5, 5.41) is 2.51. The number of hydrogen-bond acceptors (Lipinski definition) is 1. The molecule has 1 heteroatoms. The van der Waals surface area contributed by atoms with Gasteiger partial charge in [0, 0.05) is 22.4 Å². The van der Waals surface area contributed by atoms with Crippen molar-refractivity contribution < 1.29 is 0 Å². The second-order valence-electron chi connectivity index (χ2n) is 16.9. The van der Waals surface area contributed by atoms with E-state index in [4.69, 9.17) is 0 Å². The van der Waals surface area contributed by atoms with E-state index in [1.807, 2.05) is 0 Å². The molecular weight excluding hydrogens is 747 g/mol. The van der Waals surface area contributed by atoms with Gasteiger partial charge in [-0.3, -0.25) is 0 Å². The standard InChI is InChI=1S/C61H45N/c1-61(2)57-23-10-8-21-56(57)60-55(22-13-24-58(60)61)48-36-38-52(39-37-48)62(59-25-11-9-20-54(59)47-33-30-44(31-34-47)42-14-4-3-5-15-42)53-19-12-18-50(41-53)45-26-28-46(29-27-45)51-35-32-43-16-6-7-17-49(43)40-51/h3-41H,1-2H3. The molecule has 1 nitrogen and oxygen atoms in total. The first kappa shape index (κ1) is 37.3. The van der Waals surface area contributed by atoms with E-state index in [9.17, 15) is 0 Å². The Balaban J connectivity index is 1.00. The Hall–Kier alpha value is -7.74. The lowest BCUT2D eigenvalue weighted by molar-refractivity contribution is 0.660. The van der Waals surface area contributed by atoms with E-state index in [-0.39, 0.29) is 5.41 Å². The van der Waals surface area contributed by atoms with Crippen molar-refractivity contribution in [1.29, 1.82) is 0 Å². The summed E-state index contributed by atoms with van der Waals surface area (Å²) >= 11 is 0. The fourth-order valence-corrected chi connectivity index (χ4v) is 9.65. The average Bonchev–Trinajstić information content (AvgIpc) is 3.58. The molecule has 0 saturated carbocycles. The fourth-order valence-electron chi connectivity index (χ4n) is 9.65. The van der Waals surface area contributed by atoms with E-state index in [0.717, 1.165) is 17.1 Å². The van der Waals surface area contributed by atoms with E-state index in [1.54, 1.807) is 0 Å². The van der Waals surface area contributed by atoms with Crippen LogP contribution in [0.15, 0.2) is 237 Å². The summed E-state index contributed by atoms with van der Waals surface area (Å²) in [7, 11) is 0. The van der Waals surface area contributed by atoms with Gasteiger partial charge in [-0.1, -0.05) is 214 Å². The zero-order valence-corrected chi connectivity index (χ0v) is 35.0. The number of para-hydroxylation sites is 1. The fraction of sp³-hybridized carbons (Fsp3) is 0.0492. The van der Waals surface area contributed by atoms with Gasteiger partial charge in [0.15, 0.2) is 0 Å². The molecule has 0 fully saturated rings. The number of rotatable bonds is 8. The summed E-state index contributed by atoms with van der Waals surface area (Å²) in [6.07, 6.45) is 0. The Kier molecular flexibility index (Phi) is 9.24. The van der Waals surface area contributed by atoms with Crippen LogP contribution in [-0.4, -0.2) is 0 Å². The van der Waals surface area contributed by atoms with Crippen LogP contribution in [0.25, 0.3) is 77.5 Å². The van der Waals surface area contributed by atoms with Crippen molar-refractivity contribution in [3.05, 3.63) is 248 Å². The molecule has 0 aliphatic heterocycles. The van der Waals surface area contributed by atoms with E-state index in [0.29, 0.717) is 0 Å². The first-order valence-corrected chi connectivity index (χ1v) is 21.6. The van der Waals surface area contributed by atoms with E-state index >= 15 is 0 Å². The van der Waals surface area contributed by atoms with Gasteiger partial charge in [-0.05, 0) is 119 Å². The summed E-state index contributed by atoms with van der Waals surface area (Å²) in [5.41, 5.74) is 20.7. The predicted molar refractivity (Wildman–Crippen MR) is 263 cm³/mol. The molecule has 11 rings (SSSR count). The van der Waals surface area contributed by atoms with Crippen LogP contribution >= 0.6 is 0 Å². The Labute approximate surface area is 364 Å². The molecule has 0 aromatic heterocycles. The minimum Gasteiger partial charge on any atom is -0.310 e. The summed E-state index contributed by atoms with van der Waals surface area (Å²) in [5.74, 6) is 0. The third-order valence-corrected chi connectivity index (χ3v) is 12.9. The highest BCUT2D eigenvalue weighted by Gasteiger charge is 2.36. The zero-order valence-electron chi connectivity index (χ0n) is 35.0. The minimum absolute atomic E-state index is 0.0521. The van der Waals surface area contributed by atoms with Crippen LogP contribution in [0.4, 0.5) is 17.1 Å². The van der Waals surface area contributed by atoms with Crippen molar-refractivity contribution in [2.45, 2.75) is 19.3 Å². The Morgan fingerprint density at radius 3 is 1.53 bits per heavy atom. The van der Waals surface area contributed by atoms with Crippen LogP contribution in [0.1, 0.15) is 25.0 Å². The highest BCUT2D eigenvalue weighted by atomic mass is 15.1. The highest BCUT2D eigenvalue weighted by molar-refractivity contribution is 5.94. The van der Waals surface area contributed by atoms with Crippen molar-refractivity contribution in [1.82, 2.24) is 0 Å². The first-order valence-electron chi connectivity index (χ1n) is 21.6. The topological polar surface area (TPSA) is 3.24 Å². The van der Waals surface area contributed by atoms with Crippen LogP contribution in [0.5, 0.6) is 0 Å². The van der Waals surface area contributed by atoms with E-state index < -0.39 is 0 Å². The summed E-state index contributed by atoms with van der Waals surface area (Å²) in [4.78, 5) is 2.42.